The van der Waals surface area contributed by atoms with Crippen molar-refractivity contribution in [3.8, 4) is 0 Å². The monoisotopic (exact) mass is 219 g/mol. The van der Waals surface area contributed by atoms with E-state index in [9.17, 15) is 13.2 Å². The topological polar surface area (TPSA) is 63.2 Å². The van der Waals surface area contributed by atoms with Crippen molar-refractivity contribution in [3.05, 3.63) is 0 Å². The molecular weight excluding hydrogens is 202 g/mol. The molecule has 5 heteroatoms. The van der Waals surface area contributed by atoms with Crippen LogP contribution in [0.25, 0.3) is 0 Å². The van der Waals surface area contributed by atoms with Crippen LogP contribution in [0.4, 0.5) is 0 Å². The molecule has 1 atom stereocenters. The Labute approximate surface area is 85.0 Å². The van der Waals surface area contributed by atoms with Crippen molar-refractivity contribution in [2.24, 2.45) is 5.92 Å². The van der Waals surface area contributed by atoms with Crippen molar-refractivity contribution < 1.29 is 13.2 Å². The van der Waals surface area contributed by atoms with Crippen LogP contribution >= 0.6 is 0 Å². The number of nitrogens with one attached hydrogen (secondary N) is 1. The molecule has 1 fully saturated rings. The van der Waals surface area contributed by atoms with Gasteiger partial charge in [-0.25, -0.2) is 8.42 Å². The zero-order valence-corrected chi connectivity index (χ0v) is 9.27. The van der Waals surface area contributed by atoms with Crippen LogP contribution in [-0.2, 0) is 14.6 Å². The second kappa shape index (κ2) is 4.77. The van der Waals surface area contributed by atoms with E-state index in [-0.39, 0.29) is 23.3 Å². The summed E-state index contributed by atoms with van der Waals surface area (Å²) in [5, 5.41) is 2.74. The third kappa shape index (κ3) is 3.29. The molecule has 0 aromatic heterocycles. The fraction of sp³-hybridized carbons (Fsp3) is 0.889. The first-order valence-electron chi connectivity index (χ1n) is 5.03. The van der Waals surface area contributed by atoms with Gasteiger partial charge in [0.2, 0.25) is 5.91 Å². The van der Waals surface area contributed by atoms with E-state index in [1.165, 1.54) is 0 Å². The summed E-state index contributed by atoms with van der Waals surface area (Å²) in [6, 6.07) is 0. The van der Waals surface area contributed by atoms with Gasteiger partial charge in [0, 0.05) is 18.2 Å². The summed E-state index contributed by atoms with van der Waals surface area (Å²) in [5.74, 6) is 0.540. The van der Waals surface area contributed by atoms with E-state index in [0.717, 1.165) is 13.0 Å². The largest absolute Gasteiger partial charge is 0.356 e. The minimum Gasteiger partial charge on any atom is -0.356 e. The zero-order chi connectivity index (χ0) is 10.6. The summed E-state index contributed by atoms with van der Waals surface area (Å²) in [7, 11) is -2.86. The average molecular weight is 219 g/mol. The summed E-state index contributed by atoms with van der Waals surface area (Å²) < 4.78 is 22.3. The maximum absolute atomic E-state index is 11.2. The van der Waals surface area contributed by atoms with Gasteiger partial charge < -0.3 is 5.32 Å². The molecule has 4 nitrogen and oxygen atoms in total. The first-order chi connectivity index (χ1) is 6.55. The van der Waals surface area contributed by atoms with Crippen molar-refractivity contribution in [1.29, 1.82) is 0 Å². The summed E-state index contributed by atoms with van der Waals surface area (Å²) in [6.07, 6.45) is 2.16. The lowest BCUT2D eigenvalue weighted by atomic mass is 10.0. The molecule has 0 spiro atoms. The van der Waals surface area contributed by atoms with E-state index in [2.05, 4.69) is 5.32 Å². The van der Waals surface area contributed by atoms with Crippen LogP contribution in [0.5, 0.6) is 0 Å². The van der Waals surface area contributed by atoms with Crippen molar-refractivity contribution in [1.82, 2.24) is 5.32 Å². The number of rotatable bonds is 5. The number of hydrogen-bond acceptors (Lipinski definition) is 3. The highest BCUT2D eigenvalue weighted by Gasteiger charge is 2.23. The normalized spacial score (nSPS) is 22.4. The van der Waals surface area contributed by atoms with E-state index in [0.29, 0.717) is 12.8 Å². The van der Waals surface area contributed by atoms with Gasteiger partial charge in [0.1, 0.15) is 9.84 Å². The van der Waals surface area contributed by atoms with E-state index >= 15 is 0 Å². The molecule has 1 heterocycles. The third-order valence-electron chi connectivity index (χ3n) is 2.61. The SMILES string of the molecule is CCS(=O)(=O)CCCC1CCNC1=O. The molecule has 1 amide bonds. The Bertz CT molecular complexity index is 297. The van der Waals surface area contributed by atoms with Crippen LogP contribution in [0.3, 0.4) is 0 Å². The zero-order valence-electron chi connectivity index (χ0n) is 8.45. The van der Waals surface area contributed by atoms with Gasteiger partial charge >= 0.3 is 0 Å². The second-order valence-corrected chi connectivity index (χ2v) is 6.13. The highest BCUT2D eigenvalue weighted by atomic mass is 32.2. The predicted octanol–water partition coefficient (Wildman–Crippen LogP) is 0.337. The van der Waals surface area contributed by atoms with Crippen LogP contribution in [0.1, 0.15) is 26.2 Å². The first kappa shape index (κ1) is 11.5. The molecular formula is C9H17NO3S. The molecule has 0 aromatic rings. The van der Waals surface area contributed by atoms with Crippen LogP contribution in [0.2, 0.25) is 0 Å². The Morgan fingerprint density at radius 3 is 2.71 bits per heavy atom. The minimum atomic E-state index is -2.86. The molecule has 0 aromatic carbocycles. The number of sulfone groups is 1. The van der Waals surface area contributed by atoms with E-state index < -0.39 is 9.84 Å². The molecule has 1 rings (SSSR count). The Kier molecular flexibility index (Phi) is 3.92. The predicted molar refractivity (Wildman–Crippen MR) is 54.7 cm³/mol. The van der Waals surface area contributed by atoms with Gasteiger partial charge in [-0.15, -0.1) is 0 Å². The molecule has 0 radical (unpaired) electrons. The third-order valence-corrected chi connectivity index (χ3v) is 4.40. The molecule has 1 aliphatic heterocycles. The van der Waals surface area contributed by atoms with Crippen LogP contribution in [-0.4, -0.2) is 32.4 Å². The number of hydrogen-bond donors (Lipinski definition) is 1. The van der Waals surface area contributed by atoms with Gasteiger partial charge in [-0.1, -0.05) is 6.92 Å². The average Bonchev–Trinajstić information content (AvgIpc) is 2.52. The highest BCUT2D eigenvalue weighted by molar-refractivity contribution is 7.91. The highest BCUT2D eigenvalue weighted by Crippen LogP contribution is 2.16. The van der Waals surface area contributed by atoms with Gasteiger partial charge in [-0.2, -0.15) is 0 Å². The lowest BCUT2D eigenvalue weighted by molar-refractivity contribution is -0.122. The molecule has 1 N–H and O–H groups in total. The van der Waals surface area contributed by atoms with Crippen molar-refractivity contribution in [2.45, 2.75) is 26.2 Å². The fourth-order valence-electron chi connectivity index (χ4n) is 1.61. The van der Waals surface area contributed by atoms with Crippen molar-refractivity contribution in [2.75, 3.05) is 18.1 Å². The Morgan fingerprint density at radius 1 is 1.50 bits per heavy atom. The van der Waals surface area contributed by atoms with Crippen LogP contribution in [0.15, 0.2) is 0 Å². The summed E-state index contributed by atoms with van der Waals surface area (Å²) in [6.45, 7) is 2.39. The standard InChI is InChI=1S/C9H17NO3S/c1-2-14(12,13)7-3-4-8-5-6-10-9(8)11/h8H,2-7H2,1H3,(H,10,11). The quantitative estimate of drug-likeness (QED) is 0.725. The van der Waals surface area contributed by atoms with E-state index in [4.69, 9.17) is 0 Å². The van der Waals surface area contributed by atoms with Crippen molar-refractivity contribution in [3.63, 3.8) is 0 Å². The van der Waals surface area contributed by atoms with Crippen LogP contribution in [0, 0.1) is 5.92 Å². The summed E-state index contributed by atoms with van der Waals surface area (Å²) in [4.78, 5) is 11.1. The number of carbonyl (C=O) groups is 1. The minimum absolute atomic E-state index is 0.0436. The van der Waals surface area contributed by atoms with Gasteiger partial charge in [0.05, 0.1) is 5.75 Å². The summed E-state index contributed by atoms with van der Waals surface area (Å²) in [5.41, 5.74) is 0. The number of amides is 1. The molecule has 1 aliphatic rings. The smallest absolute Gasteiger partial charge is 0.223 e. The first-order valence-corrected chi connectivity index (χ1v) is 6.85. The van der Waals surface area contributed by atoms with Crippen molar-refractivity contribution >= 4 is 15.7 Å². The van der Waals surface area contributed by atoms with Gasteiger partial charge in [0.15, 0.2) is 0 Å². The van der Waals surface area contributed by atoms with E-state index in [1.807, 2.05) is 0 Å². The van der Waals surface area contributed by atoms with E-state index in [1.54, 1.807) is 6.92 Å². The lowest BCUT2D eigenvalue weighted by Crippen LogP contribution is -2.19. The number of carbonyl (C=O) groups excluding carboxylic acids is 1. The fourth-order valence-corrected chi connectivity index (χ4v) is 2.51. The molecule has 1 unspecified atom stereocenters. The Balaban J connectivity index is 2.25. The van der Waals surface area contributed by atoms with Gasteiger partial charge in [-0.3, -0.25) is 4.79 Å². The Morgan fingerprint density at radius 2 is 2.21 bits per heavy atom. The van der Waals surface area contributed by atoms with Crippen LogP contribution < -0.4 is 5.32 Å². The maximum Gasteiger partial charge on any atom is 0.223 e. The molecule has 1 saturated heterocycles. The summed E-state index contributed by atoms with van der Waals surface area (Å²) >= 11 is 0. The molecule has 0 aliphatic carbocycles. The van der Waals surface area contributed by atoms with Gasteiger partial charge in [0.25, 0.3) is 0 Å². The molecule has 0 bridgehead atoms. The molecule has 14 heavy (non-hydrogen) atoms. The molecule has 0 saturated carbocycles. The second-order valence-electron chi connectivity index (χ2n) is 3.66. The lowest BCUT2D eigenvalue weighted by Gasteiger charge is -2.05. The molecule has 82 valence electrons. The maximum atomic E-state index is 11.2. The van der Waals surface area contributed by atoms with Gasteiger partial charge in [-0.05, 0) is 19.3 Å². The Hall–Kier alpha value is -0.580.